The molecule has 0 aromatic carbocycles. The number of amides is 1. The third-order valence-corrected chi connectivity index (χ3v) is 2.81. The van der Waals surface area contributed by atoms with Crippen molar-refractivity contribution in [3.05, 3.63) is 0 Å². The van der Waals surface area contributed by atoms with Crippen LogP contribution in [0.15, 0.2) is 0 Å². The zero-order valence-corrected chi connectivity index (χ0v) is 9.63. The summed E-state index contributed by atoms with van der Waals surface area (Å²) in [6.45, 7) is 1.96. The van der Waals surface area contributed by atoms with Crippen molar-refractivity contribution in [1.82, 2.24) is 0 Å². The smallest absolute Gasteiger partial charge is 0.220 e. The molecule has 0 saturated heterocycles. The van der Waals surface area contributed by atoms with Crippen molar-refractivity contribution in [2.24, 2.45) is 17.6 Å². The SMILES string of the molecule is CC(C(N)=O)C1CCCCC1.Cl.Cl. The number of primary amides is 1. The molecule has 0 aliphatic heterocycles. The minimum Gasteiger partial charge on any atom is -0.369 e. The van der Waals surface area contributed by atoms with Gasteiger partial charge in [-0.1, -0.05) is 26.2 Å². The van der Waals surface area contributed by atoms with Gasteiger partial charge in [-0.15, -0.1) is 24.8 Å². The van der Waals surface area contributed by atoms with E-state index in [1.807, 2.05) is 6.92 Å². The Morgan fingerprint density at radius 1 is 1.23 bits per heavy atom. The van der Waals surface area contributed by atoms with Gasteiger partial charge < -0.3 is 5.73 Å². The van der Waals surface area contributed by atoms with Crippen molar-refractivity contribution >= 4 is 30.7 Å². The molecule has 0 bridgehead atoms. The molecule has 4 heteroatoms. The summed E-state index contributed by atoms with van der Waals surface area (Å²) in [4.78, 5) is 10.8. The van der Waals surface area contributed by atoms with E-state index in [1.165, 1.54) is 32.1 Å². The predicted octanol–water partition coefficient (Wildman–Crippen LogP) is 2.53. The van der Waals surface area contributed by atoms with E-state index < -0.39 is 0 Å². The average Bonchev–Trinajstić information content (AvgIpc) is 2.05. The van der Waals surface area contributed by atoms with Crippen LogP contribution in [0.4, 0.5) is 0 Å². The van der Waals surface area contributed by atoms with Crippen LogP contribution in [0.1, 0.15) is 39.0 Å². The van der Waals surface area contributed by atoms with Crippen LogP contribution in [0.2, 0.25) is 0 Å². The second kappa shape index (κ2) is 7.45. The number of hydrogen-bond acceptors (Lipinski definition) is 1. The standard InChI is InChI=1S/C9H17NO.2ClH/c1-7(9(10)11)8-5-3-2-4-6-8;;/h7-8H,2-6H2,1H3,(H2,10,11);2*1H. The maximum atomic E-state index is 10.8. The predicted molar refractivity (Wildman–Crippen MR) is 59.4 cm³/mol. The normalized spacial score (nSPS) is 19.5. The Balaban J connectivity index is 0. The third-order valence-electron chi connectivity index (χ3n) is 2.81. The molecule has 0 aromatic heterocycles. The summed E-state index contributed by atoms with van der Waals surface area (Å²) in [5, 5.41) is 0. The van der Waals surface area contributed by atoms with E-state index in [0.29, 0.717) is 5.92 Å². The first-order valence-corrected chi connectivity index (χ1v) is 4.51. The highest BCUT2D eigenvalue weighted by molar-refractivity contribution is 5.85. The van der Waals surface area contributed by atoms with Gasteiger partial charge in [-0.3, -0.25) is 4.79 Å². The van der Waals surface area contributed by atoms with Gasteiger partial charge in [0.05, 0.1) is 0 Å². The molecule has 1 atom stereocenters. The lowest BCUT2D eigenvalue weighted by molar-refractivity contribution is -0.123. The lowest BCUT2D eigenvalue weighted by Gasteiger charge is -2.25. The fourth-order valence-corrected chi connectivity index (χ4v) is 1.87. The van der Waals surface area contributed by atoms with Crippen LogP contribution in [0, 0.1) is 11.8 Å². The van der Waals surface area contributed by atoms with Crippen LogP contribution in [-0.4, -0.2) is 5.91 Å². The summed E-state index contributed by atoms with van der Waals surface area (Å²) in [6, 6.07) is 0. The molecule has 1 aliphatic rings. The van der Waals surface area contributed by atoms with Crippen LogP contribution in [0.3, 0.4) is 0 Å². The number of hydrogen-bond donors (Lipinski definition) is 1. The minimum absolute atomic E-state index is 0. The van der Waals surface area contributed by atoms with Crippen molar-refractivity contribution in [2.45, 2.75) is 39.0 Å². The summed E-state index contributed by atoms with van der Waals surface area (Å²) >= 11 is 0. The number of carbonyl (C=O) groups is 1. The summed E-state index contributed by atoms with van der Waals surface area (Å²) in [7, 11) is 0. The van der Waals surface area contributed by atoms with Crippen molar-refractivity contribution in [3.8, 4) is 0 Å². The second-order valence-electron chi connectivity index (χ2n) is 3.59. The van der Waals surface area contributed by atoms with Crippen LogP contribution in [-0.2, 0) is 4.79 Å². The first-order chi connectivity index (χ1) is 5.22. The highest BCUT2D eigenvalue weighted by Gasteiger charge is 2.23. The topological polar surface area (TPSA) is 43.1 Å². The van der Waals surface area contributed by atoms with Crippen molar-refractivity contribution < 1.29 is 4.79 Å². The summed E-state index contributed by atoms with van der Waals surface area (Å²) in [6.07, 6.45) is 6.29. The zero-order valence-electron chi connectivity index (χ0n) is 7.99. The lowest BCUT2D eigenvalue weighted by atomic mass is 9.81. The molecule has 1 rings (SSSR count). The molecule has 1 fully saturated rings. The number of rotatable bonds is 2. The van der Waals surface area contributed by atoms with Gasteiger partial charge in [-0.2, -0.15) is 0 Å². The molecule has 2 N–H and O–H groups in total. The van der Waals surface area contributed by atoms with Gasteiger partial charge in [0.15, 0.2) is 0 Å². The fraction of sp³-hybridized carbons (Fsp3) is 0.889. The average molecular weight is 228 g/mol. The molecule has 0 spiro atoms. The van der Waals surface area contributed by atoms with E-state index in [0.717, 1.165) is 0 Å². The quantitative estimate of drug-likeness (QED) is 0.775. The van der Waals surface area contributed by atoms with E-state index in [2.05, 4.69) is 0 Å². The number of nitrogens with two attached hydrogens (primary N) is 1. The molecular formula is C9H19Cl2NO. The molecule has 80 valence electrons. The van der Waals surface area contributed by atoms with Gasteiger partial charge in [-0.05, 0) is 18.8 Å². The van der Waals surface area contributed by atoms with Gasteiger partial charge in [-0.25, -0.2) is 0 Å². The first-order valence-electron chi connectivity index (χ1n) is 4.51. The molecule has 0 radical (unpaired) electrons. The number of carbonyl (C=O) groups excluding carboxylic acids is 1. The van der Waals surface area contributed by atoms with Crippen LogP contribution < -0.4 is 5.73 Å². The molecule has 0 aromatic rings. The van der Waals surface area contributed by atoms with Gasteiger partial charge in [0.2, 0.25) is 5.91 Å². The molecule has 1 amide bonds. The molecule has 1 aliphatic carbocycles. The van der Waals surface area contributed by atoms with Gasteiger partial charge in [0.1, 0.15) is 0 Å². The Kier molecular flexibility index (Phi) is 8.90. The molecule has 0 heterocycles. The molecule has 1 saturated carbocycles. The molecule has 2 nitrogen and oxygen atoms in total. The van der Waals surface area contributed by atoms with Crippen LogP contribution in [0.25, 0.3) is 0 Å². The zero-order chi connectivity index (χ0) is 8.27. The Morgan fingerprint density at radius 3 is 2.08 bits per heavy atom. The van der Waals surface area contributed by atoms with E-state index in [9.17, 15) is 4.79 Å². The van der Waals surface area contributed by atoms with Gasteiger partial charge in [0.25, 0.3) is 0 Å². The minimum atomic E-state index is -0.128. The summed E-state index contributed by atoms with van der Waals surface area (Å²) < 4.78 is 0. The number of halogens is 2. The second-order valence-corrected chi connectivity index (χ2v) is 3.59. The maximum Gasteiger partial charge on any atom is 0.220 e. The van der Waals surface area contributed by atoms with Crippen molar-refractivity contribution in [1.29, 1.82) is 0 Å². The fourth-order valence-electron chi connectivity index (χ4n) is 1.87. The molecule has 1 unspecified atom stereocenters. The molecule has 13 heavy (non-hydrogen) atoms. The van der Waals surface area contributed by atoms with Crippen molar-refractivity contribution in [2.75, 3.05) is 0 Å². The van der Waals surface area contributed by atoms with Gasteiger partial charge in [0, 0.05) is 5.92 Å². The largest absolute Gasteiger partial charge is 0.369 e. The highest BCUT2D eigenvalue weighted by atomic mass is 35.5. The van der Waals surface area contributed by atoms with E-state index in [1.54, 1.807) is 0 Å². The lowest BCUT2D eigenvalue weighted by Crippen LogP contribution is -2.28. The Morgan fingerprint density at radius 2 is 1.69 bits per heavy atom. The third kappa shape index (κ3) is 4.72. The van der Waals surface area contributed by atoms with Gasteiger partial charge >= 0.3 is 0 Å². The highest BCUT2D eigenvalue weighted by Crippen LogP contribution is 2.29. The summed E-state index contributed by atoms with van der Waals surface area (Å²) in [5.74, 6) is 0.536. The van der Waals surface area contributed by atoms with Crippen LogP contribution in [0.5, 0.6) is 0 Å². The Hall–Kier alpha value is 0.0500. The van der Waals surface area contributed by atoms with E-state index in [4.69, 9.17) is 5.73 Å². The van der Waals surface area contributed by atoms with Crippen LogP contribution >= 0.6 is 24.8 Å². The van der Waals surface area contributed by atoms with E-state index in [-0.39, 0.29) is 36.6 Å². The summed E-state index contributed by atoms with van der Waals surface area (Å²) in [5.41, 5.74) is 5.23. The Bertz CT molecular complexity index is 147. The van der Waals surface area contributed by atoms with E-state index >= 15 is 0 Å². The van der Waals surface area contributed by atoms with Crippen molar-refractivity contribution in [3.63, 3.8) is 0 Å². The Labute approximate surface area is 92.5 Å². The monoisotopic (exact) mass is 227 g/mol. The first kappa shape index (κ1) is 15.5. The molecular weight excluding hydrogens is 209 g/mol. The maximum absolute atomic E-state index is 10.8.